The molecular formula is C21H26N4O4S. The molecule has 30 heavy (non-hydrogen) atoms. The van der Waals surface area contributed by atoms with Crippen LogP contribution in [0, 0.1) is 4.77 Å². The normalized spacial score (nSPS) is 19.0. The van der Waals surface area contributed by atoms with Gasteiger partial charge in [0.05, 0.1) is 17.0 Å². The first-order chi connectivity index (χ1) is 14.5. The summed E-state index contributed by atoms with van der Waals surface area (Å²) < 4.78 is 7.36. The van der Waals surface area contributed by atoms with Crippen molar-refractivity contribution in [2.24, 2.45) is 0 Å². The zero-order valence-electron chi connectivity index (χ0n) is 16.8. The van der Waals surface area contributed by atoms with Gasteiger partial charge < -0.3 is 19.9 Å². The van der Waals surface area contributed by atoms with Crippen molar-refractivity contribution < 1.29 is 14.3 Å². The van der Waals surface area contributed by atoms with Gasteiger partial charge in [-0.2, -0.15) is 0 Å². The summed E-state index contributed by atoms with van der Waals surface area (Å²) in [6.45, 7) is 3.08. The fourth-order valence-corrected chi connectivity index (χ4v) is 4.36. The fraction of sp³-hybridized carbons (Fsp3) is 0.524. The third-order valence-electron chi connectivity index (χ3n) is 5.74. The molecule has 2 N–H and O–H groups in total. The van der Waals surface area contributed by atoms with Gasteiger partial charge in [-0.25, -0.2) is 0 Å². The van der Waals surface area contributed by atoms with E-state index in [1.54, 1.807) is 18.2 Å². The molecule has 3 heterocycles. The molecule has 1 aromatic carbocycles. The lowest BCUT2D eigenvalue weighted by Crippen LogP contribution is -2.32. The topological polar surface area (TPSA) is 96.4 Å². The van der Waals surface area contributed by atoms with Crippen molar-refractivity contribution in [2.45, 2.75) is 44.8 Å². The summed E-state index contributed by atoms with van der Waals surface area (Å²) in [4.78, 5) is 42.0. The Bertz CT molecular complexity index is 1070. The lowest BCUT2D eigenvalue weighted by Gasteiger charge is -2.16. The Hall–Kier alpha value is -2.52. The number of rotatable bonds is 7. The van der Waals surface area contributed by atoms with Crippen molar-refractivity contribution in [3.8, 4) is 0 Å². The Morgan fingerprint density at radius 1 is 1.27 bits per heavy atom. The number of nitrogens with zero attached hydrogens (tertiary/aromatic N) is 2. The maximum Gasteiger partial charge on any atom is 0.262 e. The number of nitrogens with one attached hydrogen (secondary N) is 2. The van der Waals surface area contributed by atoms with Gasteiger partial charge >= 0.3 is 0 Å². The molecule has 8 nitrogen and oxygen atoms in total. The summed E-state index contributed by atoms with van der Waals surface area (Å²) in [5.41, 5.74) is 0.824. The second-order valence-corrected chi connectivity index (χ2v) is 8.22. The van der Waals surface area contributed by atoms with Crippen molar-refractivity contribution in [3.63, 3.8) is 0 Å². The number of benzene rings is 1. The zero-order chi connectivity index (χ0) is 21.1. The van der Waals surface area contributed by atoms with E-state index in [1.165, 1.54) is 4.57 Å². The molecule has 2 aliphatic rings. The highest BCUT2D eigenvalue weighted by Crippen LogP contribution is 2.14. The maximum atomic E-state index is 12.9. The first kappa shape index (κ1) is 20.7. The number of likely N-dealkylation sites (tertiary alicyclic amines) is 1. The molecule has 0 aliphatic carbocycles. The van der Waals surface area contributed by atoms with E-state index in [0.29, 0.717) is 53.7 Å². The zero-order valence-corrected chi connectivity index (χ0v) is 17.6. The number of fused-ring (bicyclic) bond motifs is 1. The number of hydrogen-bond acceptors (Lipinski definition) is 5. The van der Waals surface area contributed by atoms with Gasteiger partial charge in [-0.1, -0.05) is 0 Å². The predicted octanol–water partition coefficient (Wildman–Crippen LogP) is 1.98. The molecule has 2 aliphatic heterocycles. The molecule has 0 bridgehead atoms. The molecule has 2 saturated heterocycles. The number of amides is 2. The van der Waals surface area contributed by atoms with E-state index >= 15 is 0 Å². The van der Waals surface area contributed by atoms with E-state index in [-0.39, 0.29) is 23.5 Å². The van der Waals surface area contributed by atoms with E-state index in [0.717, 1.165) is 32.4 Å². The second-order valence-electron chi connectivity index (χ2n) is 7.83. The summed E-state index contributed by atoms with van der Waals surface area (Å²) >= 11 is 5.38. The number of aromatic nitrogens is 2. The Labute approximate surface area is 179 Å². The van der Waals surface area contributed by atoms with Crippen molar-refractivity contribution >= 4 is 34.9 Å². The molecule has 2 amide bonds. The number of carbonyl (C=O) groups is 2. The molecule has 160 valence electrons. The van der Waals surface area contributed by atoms with E-state index in [9.17, 15) is 14.4 Å². The van der Waals surface area contributed by atoms with Gasteiger partial charge in [-0.3, -0.25) is 19.0 Å². The van der Waals surface area contributed by atoms with Crippen LogP contribution in [0.1, 0.15) is 42.5 Å². The minimum atomic E-state index is -0.203. The Morgan fingerprint density at radius 2 is 2.13 bits per heavy atom. The summed E-state index contributed by atoms with van der Waals surface area (Å²) in [7, 11) is 0. The number of carbonyl (C=O) groups excluding carboxylic acids is 2. The summed E-state index contributed by atoms with van der Waals surface area (Å²) in [6.07, 6.45) is 4.23. The van der Waals surface area contributed by atoms with E-state index in [2.05, 4.69) is 10.3 Å². The summed E-state index contributed by atoms with van der Waals surface area (Å²) in [5, 5.41) is 3.37. The average molecular weight is 431 g/mol. The van der Waals surface area contributed by atoms with E-state index in [4.69, 9.17) is 17.0 Å². The van der Waals surface area contributed by atoms with Crippen LogP contribution < -0.4 is 10.9 Å². The first-order valence-corrected chi connectivity index (χ1v) is 10.9. The second kappa shape index (κ2) is 9.09. The third kappa shape index (κ3) is 4.46. The van der Waals surface area contributed by atoms with Crippen LogP contribution in [-0.4, -0.2) is 58.6 Å². The molecule has 9 heteroatoms. The molecule has 0 radical (unpaired) electrons. The van der Waals surface area contributed by atoms with Gasteiger partial charge in [-0.05, 0) is 56.1 Å². The van der Waals surface area contributed by atoms with Crippen LogP contribution >= 0.6 is 12.2 Å². The van der Waals surface area contributed by atoms with Crippen LogP contribution in [0.2, 0.25) is 0 Å². The van der Waals surface area contributed by atoms with Crippen molar-refractivity contribution in [2.75, 3.05) is 26.2 Å². The molecular weight excluding hydrogens is 404 g/mol. The smallest absolute Gasteiger partial charge is 0.262 e. The van der Waals surface area contributed by atoms with Crippen molar-refractivity contribution in [1.29, 1.82) is 0 Å². The molecule has 1 atom stereocenters. The Morgan fingerprint density at radius 3 is 2.87 bits per heavy atom. The van der Waals surface area contributed by atoms with Crippen LogP contribution in [0.5, 0.6) is 0 Å². The van der Waals surface area contributed by atoms with Gasteiger partial charge in [0.25, 0.3) is 11.5 Å². The van der Waals surface area contributed by atoms with Gasteiger partial charge in [0, 0.05) is 44.8 Å². The molecule has 0 saturated carbocycles. The number of hydrogen-bond donors (Lipinski definition) is 2. The lowest BCUT2D eigenvalue weighted by molar-refractivity contribution is -0.127. The van der Waals surface area contributed by atoms with Gasteiger partial charge in [0.1, 0.15) is 0 Å². The molecule has 0 unspecified atom stereocenters. The molecule has 4 rings (SSSR count). The molecule has 1 aromatic heterocycles. The first-order valence-electron chi connectivity index (χ1n) is 10.5. The van der Waals surface area contributed by atoms with Crippen LogP contribution in [0.15, 0.2) is 23.0 Å². The van der Waals surface area contributed by atoms with Crippen LogP contribution in [0.25, 0.3) is 10.9 Å². The minimum absolute atomic E-state index is 0.0725. The van der Waals surface area contributed by atoms with Gasteiger partial charge in [0.2, 0.25) is 5.91 Å². The summed E-state index contributed by atoms with van der Waals surface area (Å²) in [5.74, 6) is -0.0255. The third-order valence-corrected chi connectivity index (χ3v) is 6.06. The molecule has 2 fully saturated rings. The lowest BCUT2D eigenvalue weighted by atomic mass is 10.1. The largest absolute Gasteiger partial charge is 0.376 e. The number of aromatic amines is 1. The van der Waals surface area contributed by atoms with Gasteiger partial charge in [-0.15, -0.1) is 0 Å². The fourth-order valence-electron chi connectivity index (χ4n) is 4.07. The van der Waals surface area contributed by atoms with Crippen LogP contribution in [-0.2, 0) is 16.1 Å². The van der Waals surface area contributed by atoms with Crippen molar-refractivity contribution in [1.82, 2.24) is 19.8 Å². The molecule has 2 aromatic rings. The highest BCUT2D eigenvalue weighted by Gasteiger charge is 2.20. The number of ether oxygens (including phenoxy) is 1. The average Bonchev–Trinajstić information content (AvgIpc) is 3.40. The highest BCUT2D eigenvalue weighted by molar-refractivity contribution is 7.71. The predicted molar refractivity (Wildman–Crippen MR) is 115 cm³/mol. The standard InChI is InChI=1S/C21H26N4O4S/c26-18-5-1-8-24(18)9-3-10-25-20(28)16-7-6-14(12-17(16)23-21(25)30)19(27)22-13-15-4-2-11-29-15/h6-7,12,15H,1-5,8-11,13H2,(H,22,27)(H,23,30)/t15-/m1/s1. The van der Waals surface area contributed by atoms with E-state index in [1.807, 2.05) is 4.90 Å². The van der Waals surface area contributed by atoms with Crippen LogP contribution in [0.4, 0.5) is 0 Å². The van der Waals surface area contributed by atoms with E-state index < -0.39 is 0 Å². The minimum Gasteiger partial charge on any atom is -0.376 e. The maximum absolute atomic E-state index is 12.9. The SMILES string of the molecule is O=C(NC[C@H]1CCCO1)c1ccc2c(=O)n(CCCN3CCCC3=O)c(=S)[nH]c2c1. The van der Waals surface area contributed by atoms with Gasteiger partial charge in [0.15, 0.2) is 4.77 Å². The molecule has 0 spiro atoms. The Balaban J connectivity index is 1.46. The quantitative estimate of drug-likeness (QED) is 0.655. The highest BCUT2D eigenvalue weighted by atomic mass is 32.1. The van der Waals surface area contributed by atoms with Crippen molar-refractivity contribution in [3.05, 3.63) is 38.9 Å². The monoisotopic (exact) mass is 430 g/mol. The van der Waals surface area contributed by atoms with Crippen LogP contribution in [0.3, 0.4) is 0 Å². The number of H-pyrrole nitrogens is 1. The Kier molecular flexibility index (Phi) is 6.29. The summed E-state index contributed by atoms with van der Waals surface area (Å²) in [6, 6.07) is 4.97.